The highest BCUT2D eigenvalue weighted by atomic mass is 79.9. The van der Waals surface area contributed by atoms with Gasteiger partial charge in [-0.1, -0.05) is 40.2 Å². The summed E-state index contributed by atoms with van der Waals surface area (Å²) < 4.78 is 0.830. The SMILES string of the molecule is CC(=O)Nc1ccccc1C(=O)N[C@@H](Cc1cccc(Br)c1)C(=O)O. The minimum absolute atomic E-state index is 0.142. The molecule has 0 aliphatic heterocycles. The average molecular weight is 405 g/mol. The molecule has 2 aromatic carbocycles. The normalized spacial score (nSPS) is 11.4. The van der Waals surface area contributed by atoms with Gasteiger partial charge in [0.1, 0.15) is 6.04 Å². The van der Waals surface area contributed by atoms with E-state index in [-0.39, 0.29) is 17.9 Å². The molecule has 3 N–H and O–H groups in total. The fraction of sp³-hybridized carbons (Fsp3) is 0.167. The van der Waals surface area contributed by atoms with E-state index in [0.29, 0.717) is 5.69 Å². The minimum Gasteiger partial charge on any atom is -0.480 e. The second-order valence-electron chi connectivity index (χ2n) is 5.43. The fourth-order valence-corrected chi connectivity index (χ4v) is 2.76. The molecule has 0 saturated carbocycles. The molecular formula is C18H17BrN2O4. The first-order valence-electron chi connectivity index (χ1n) is 7.51. The Morgan fingerprint density at radius 3 is 2.48 bits per heavy atom. The Morgan fingerprint density at radius 2 is 1.84 bits per heavy atom. The number of hydrogen-bond donors (Lipinski definition) is 3. The third-order valence-corrected chi connectivity index (χ3v) is 3.91. The van der Waals surface area contributed by atoms with E-state index in [1.807, 2.05) is 6.07 Å². The molecule has 2 aromatic rings. The van der Waals surface area contributed by atoms with Crippen molar-refractivity contribution in [3.63, 3.8) is 0 Å². The van der Waals surface area contributed by atoms with Crippen molar-refractivity contribution in [2.45, 2.75) is 19.4 Å². The molecule has 2 rings (SSSR count). The first-order chi connectivity index (χ1) is 11.9. The number of aliphatic carboxylic acids is 1. The van der Waals surface area contributed by atoms with Crippen LogP contribution >= 0.6 is 15.9 Å². The highest BCUT2D eigenvalue weighted by Crippen LogP contribution is 2.16. The van der Waals surface area contributed by atoms with Crippen LogP contribution in [-0.2, 0) is 16.0 Å². The zero-order chi connectivity index (χ0) is 18.4. The Kier molecular flexibility index (Phi) is 6.30. The number of carbonyl (C=O) groups is 3. The number of rotatable bonds is 6. The monoisotopic (exact) mass is 404 g/mol. The number of nitrogens with one attached hydrogen (secondary N) is 2. The van der Waals surface area contributed by atoms with Gasteiger partial charge < -0.3 is 15.7 Å². The lowest BCUT2D eigenvalue weighted by Gasteiger charge is -2.16. The Bertz CT molecular complexity index is 807. The highest BCUT2D eigenvalue weighted by molar-refractivity contribution is 9.10. The average Bonchev–Trinajstić information content (AvgIpc) is 2.54. The van der Waals surface area contributed by atoms with Crippen LogP contribution in [0.4, 0.5) is 5.69 Å². The molecule has 0 aliphatic carbocycles. The molecule has 0 heterocycles. The molecule has 0 radical (unpaired) electrons. The van der Waals surface area contributed by atoms with Crippen LogP contribution in [0.2, 0.25) is 0 Å². The van der Waals surface area contributed by atoms with E-state index in [4.69, 9.17) is 0 Å². The maximum absolute atomic E-state index is 12.5. The predicted molar refractivity (Wildman–Crippen MR) is 97.5 cm³/mol. The summed E-state index contributed by atoms with van der Waals surface area (Å²) in [5.74, 6) is -2.01. The number of halogens is 1. The van der Waals surface area contributed by atoms with Gasteiger partial charge in [0.05, 0.1) is 11.3 Å². The molecule has 6 nitrogen and oxygen atoms in total. The fourth-order valence-electron chi connectivity index (χ4n) is 2.32. The van der Waals surface area contributed by atoms with E-state index in [1.54, 1.807) is 36.4 Å². The van der Waals surface area contributed by atoms with E-state index < -0.39 is 17.9 Å². The summed E-state index contributed by atoms with van der Waals surface area (Å²) in [5.41, 5.74) is 1.31. The summed E-state index contributed by atoms with van der Waals surface area (Å²) in [6.45, 7) is 1.34. The molecule has 0 spiro atoms. The number of benzene rings is 2. The van der Waals surface area contributed by atoms with Crippen molar-refractivity contribution in [2.24, 2.45) is 0 Å². The number of carboxylic acid groups (broad SMARTS) is 1. The number of carboxylic acids is 1. The zero-order valence-electron chi connectivity index (χ0n) is 13.5. The van der Waals surface area contributed by atoms with Gasteiger partial charge in [-0.05, 0) is 29.8 Å². The maximum atomic E-state index is 12.5. The second kappa shape index (κ2) is 8.43. The largest absolute Gasteiger partial charge is 0.480 e. The summed E-state index contributed by atoms with van der Waals surface area (Å²) in [6, 6.07) is 12.6. The van der Waals surface area contributed by atoms with E-state index in [1.165, 1.54) is 13.0 Å². The van der Waals surface area contributed by atoms with Crippen LogP contribution in [0.25, 0.3) is 0 Å². The Labute approximate surface area is 153 Å². The second-order valence-corrected chi connectivity index (χ2v) is 6.34. The number of para-hydroxylation sites is 1. The van der Waals surface area contributed by atoms with Gasteiger partial charge in [0.15, 0.2) is 0 Å². The van der Waals surface area contributed by atoms with E-state index in [9.17, 15) is 19.5 Å². The van der Waals surface area contributed by atoms with Crippen molar-refractivity contribution in [2.75, 3.05) is 5.32 Å². The molecule has 0 unspecified atom stereocenters. The van der Waals surface area contributed by atoms with Crippen LogP contribution in [0, 0.1) is 0 Å². The van der Waals surface area contributed by atoms with Gasteiger partial charge in [-0.2, -0.15) is 0 Å². The molecule has 2 amide bonds. The van der Waals surface area contributed by atoms with Gasteiger partial charge in [0.2, 0.25) is 5.91 Å². The number of hydrogen-bond acceptors (Lipinski definition) is 3. The van der Waals surface area contributed by atoms with Gasteiger partial charge in [-0.3, -0.25) is 9.59 Å². The summed E-state index contributed by atoms with van der Waals surface area (Å²) in [7, 11) is 0. The van der Waals surface area contributed by atoms with E-state index in [0.717, 1.165) is 10.0 Å². The number of carbonyl (C=O) groups excluding carboxylic acids is 2. The standard InChI is InChI=1S/C18H17BrN2O4/c1-11(22)20-15-8-3-2-7-14(15)17(23)21-16(18(24)25)10-12-5-4-6-13(19)9-12/h2-9,16H,10H2,1H3,(H,20,22)(H,21,23)(H,24,25)/t16-/m0/s1. The molecule has 0 aromatic heterocycles. The lowest BCUT2D eigenvalue weighted by Crippen LogP contribution is -2.42. The van der Waals surface area contributed by atoms with Gasteiger partial charge in [-0.25, -0.2) is 4.79 Å². The third kappa shape index (κ3) is 5.42. The van der Waals surface area contributed by atoms with Crippen molar-refractivity contribution >= 4 is 39.4 Å². The first-order valence-corrected chi connectivity index (χ1v) is 8.31. The van der Waals surface area contributed by atoms with E-state index in [2.05, 4.69) is 26.6 Å². The zero-order valence-corrected chi connectivity index (χ0v) is 15.0. The van der Waals surface area contributed by atoms with Crippen LogP contribution in [0.5, 0.6) is 0 Å². The summed E-state index contributed by atoms with van der Waals surface area (Å²) >= 11 is 3.33. The Balaban J connectivity index is 2.18. The molecular weight excluding hydrogens is 388 g/mol. The quantitative estimate of drug-likeness (QED) is 0.689. The van der Waals surface area contributed by atoms with E-state index >= 15 is 0 Å². The lowest BCUT2D eigenvalue weighted by molar-refractivity contribution is -0.139. The van der Waals surface area contributed by atoms with Crippen molar-refractivity contribution in [3.8, 4) is 0 Å². The topological polar surface area (TPSA) is 95.5 Å². The summed E-state index contributed by atoms with van der Waals surface area (Å²) in [6.07, 6.45) is 0.142. The van der Waals surface area contributed by atoms with Crippen molar-refractivity contribution in [1.82, 2.24) is 5.32 Å². The van der Waals surface area contributed by atoms with Gasteiger partial charge in [-0.15, -0.1) is 0 Å². The van der Waals surface area contributed by atoms with Crippen LogP contribution in [0.1, 0.15) is 22.8 Å². The molecule has 0 fully saturated rings. The molecule has 0 bridgehead atoms. The number of anilines is 1. The van der Waals surface area contributed by atoms with Crippen molar-refractivity contribution in [3.05, 3.63) is 64.1 Å². The summed E-state index contributed by atoms with van der Waals surface area (Å²) in [5, 5.41) is 14.5. The minimum atomic E-state index is -1.13. The molecule has 0 saturated heterocycles. The molecule has 7 heteroatoms. The molecule has 1 atom stereocenters. The van der Waals surface area contributed by atoms with Gasteiger partial charge in [0, 0.05) is 17.8 Å². The summed E-state index contributed by atoms with van der Waals surface area (Å²) in [4.78, 5) is 35.3. The molecule has 0 aliphatic rings. The Morgan fingerprint density at radius 1 is 1.12 bits per heavy atom. The third-order valence-electron chi connectivity index (χ3n) is 3.41. The van der Waals surface area contributed by atoms with Crippen LogP contribution in [0.3, 0.4) is 0 Å². The van der Waals surface area contributed by atoms with Crippen LogP contribution in [-0.4, -0.2) is 28.9 Å². The van der Waals surface area contributed by atoms with Crippen LogP contribution in [0.15, 0.2) is 53.0 Å². The number of amides is 2. The van der Waals surface area contributed by atoms with Crippen molar-refractivity contribution in [1.29, 1.82) is 0 Å². The predicted octanol–water partition coefficient (Wildman–Crippen LogP) is 2.83. The van der Waals surface area contributed by atoms with Gasteiger partial charge >= 0.3 is 5.97 Å². The van der Waals surface area contributed by atoms with Crippen molar-refractivity contribution < 1.29 is 19.5 Å². The van der Waals surface area contributed by atoms with Crippen LogP contribution < -0.4 is 10.6 Å². The first kappa shape index (κ1) is 18.7. The van der Waals surface area contributed by atoms with Gasteiger partial charge in [0.25, 0.3) is 5.91 Å². The molecule has 130 valence electrons. The molecule has 25 heavy (non-hydrogen) atoms. The maximum Gasteiger partial charge on any atom is 0.326 e. The smallest absolute Gasteiger partial charge is 0.326 e. The highest BCUT2D eigenvalue weighted by Gasteiger charge is 2.22. The lowest BCUT2D eigenvalue weighted by atomic mass is 10.1. The Hall–Kier alpha value is -2.67.